The zero-order valence-corrected chi connectivity index (χ0v) is 14.2. The Morgan fingerprint density at radius 3 is 2.68 bits per heavy atom. The van der Waals surface area contributed by atoms with E-state index in [1.54, 1.807) is 17.9 Å². The number of aryl methyl sites for hydroxylation is 2. The SMILES string of the molecule is Cc1ccc(OCC(=O)N(Cc2ccc(C)o2)C2CC2)c([N+](=O)[O-])c1. The Morgan fingerprint density at radius 2 is 2.08 bits per heavy atom. The standard InChI is InChI=1S/C18H20N2O5/c1-12-3-8-17(16(9-12)20(22)23)24-11-18(21)19(14-5-6-14)10-15-7-4-13(2)25-15/h3-4,7-9,14H,5-6,10-11H2,1-2H3. The fourth-order valence-corrected chi connectivity index (χ4v) is 2.66. The van der Waals surface area contributed by atoms with Crippen LogP contribution < -0.4 is 4.74 Å². The van der Waals surface area contributed by atoms with Gasteiger partial charge in [0.05, 0.1) is 11.5 Å². The number of hydrogen-bond donors (Lipinski definition) is 0. The van der Waals surface area contributed by atoms with Crippen LogP contribution in [0.3, 0.4) is 0 Å². The Balaban J connectivity index is 1.67. The number of carbonyl (C=O) groups is 1. The van der Waals surface area contributed by atoms with E-state index >= 15 is 0 Å². The Labute approximate surface area is 145 Å². The topological polar surface area (TPSA) is 85.8 Å². The summed E-state index contributed by atoms with van der Waals surface area (Å²) in [7, 11) is 0. The molecule has 25 heavy (non-hydrogen) atoms. The largest absolute Gasteiger partial charge is 0.477 e. The van der Waals surface area contributed by atoms with E-state index in [1.165, 1.54) is 12.1 Å². The number of nitro benzene ring substituents is 1. The summed E-state index contributed by atoms with van der Waals surface area (Å²) in [4.78, 5) is 24.9. The number of ether oxygens (including phenoxy) is 1. The molecular weight excluding hydrogens is 324 g/mol. The van der Waals surface area contributed by atoms with Crippen LogP contribution in [0.15, 0.2) is 34.7 Å². The smallest absolute Gasteiger partial charge is 0.311 e. The predicted octanol–water partition coefficient (Wildman–Crippen LogP) is 3.37. The summed E-state index contributed by atoms with van der Waals surface area (Å²) in [6.07, 6.45) is 1.91. The molecule has 0 spiro atoms. The molecule has 7 heteroatoms. The average molecular weight is 344 g/mol. The van der Waals surface area contributed by atoms with Gasteiger partial charge in [0.1, 0.15) is 11.5 Å². The lowest BCUT2D eigenvalue weighted by atomic mass is 10.2. The van der Waals surface area contributed by atoms with E-state index in [2.05, 4.69) is 0 Å². The minimum absolute atomic E-state index is 0.105. The molecule has 132 valence electrons. The van der Waals surface area contributed by atoms with Crippen molar-refractivity contribution in [1.82, 2.24) is 4.90 Å². The number of hydrogen-bond acceptors (Lipinski definition) is 5. The first kappa shape index (κ1) is 17.0. The van der Waals surface area contributed by atoms with Gasteiger partial charge in [-0.2, -0.15) is 0 Å². The number of carbonyl (C=O) groups excluding carboxylic acids is 1. The van der Waals surface area contributed by atoms with E-state index in [0.29, 0.717) is 6.54 Å². The maximum absolute atomic E-state index is 12.5. The predicted molar refractivity (Wildman–Crippen MR) is 90.3 cm³/mol. The normalized spacial score (nSPS) is 13.5. The monoisotopic (exact) mass is 344 g/mol. The lowest BCUT2D eigenvalue weighted by Crippen LogP contribution is -2.36. The fraction of sp³-hybridized carbons (Fsp3) is 0.389. The van der Waals surface area contributed by atoms with E-state index in [0.717, 1.165) is 29.9 Å². The van der Waals surface area contributed by atoms with E-state index < -0.39 is 4.92 Å². The third-order valence-corrected chi connectivity index (χ3v) is 4.09. The first-order valence-corrected chi connectivity index (χ1v) is 8.16. The Morgan fingerprint density at radius 1 is 1.32 bits per heavy atom. The number of amides is 1. The second-order valence-electron chi connectivity index (χ2n) is 6.28. The molecule has 1 aliphatic carbocycles. The van der Waals surface area contributed by atoms with Gasteiger partial charge < -0.3 is 14.1 Å². The first-order chi connectivity index (χ1) is 11.9. The summed E-state index contributed by atoms with van der Waals surface area (Å²) >= 11 is 0. The Hall–Kier alpha value is -2.83. The molecule has 7 nitrogen and oxygen atoms in total. The molecule has 1 aliphatic rings. The molecular formula is C18H20N2O5. The Bertz CT molecular complexity index is 795. The zero-order valence-electron chi connectivity index (χ0n) is 14.2. The molecule has 0 saturated heterocycles. The van der Waals surface area contributed by atoms with Crippen LogP contribution in [0.1, 0.15) is 29.9 Å². The number of benzene rings is 1. The maximum atomic E-state index is 12.5. The highest BCUT2D eigenvalue weighted by Crippen LogP contribution is 2.30. The quantitative estimate of drug-likeness (QED) is 0.568. The van der Waals surface area contributed by atoms with Crippen molar-refractivity contribution in [3.63, 3.8) is 0 Å². The van der Waals surface area contributed by atoms with Gasteiger partial charge in [-0.1, -0.05) is 6.07 Å². The fourth-order valence-electron chi connectivity index (χ4n) is 2.66. The van der Waals surface area contributed by atoms with Gasteiger partial charge >= 0.3 is 5.69 Å². The van der Waals surface area contributed by atoms with Crippen molar-refractivity contribution < 1.29 is 18.9 Å². The van der Waals surface area contributed by atoms with Gasteiger partial charge in [-0.05, 0) is 50.5 Å². The van der Waals surface area contributed by atoms with E-state index in [1.807, 2.05) is 19.1 Å². The molecule has 0 N–H and O–H groups in total. The van der Waals surface area contributed by atoms with Gasteiger partial charge in [-0.25, -0.2) is 0 Å². The summed E-state index contributed by atoms with van der Waals surface area (Å²) in [5, 5.41) is 11.1. The number of furan rings is 1. The van der Waals surface area contributed by atoms with Crippen LogP contribution in [0, 0.1) is 24.0 Å². The minimum Gasteiger partial charge on any atom is -0.477 e. The second kappa shape index (κ2) is 6.96. The summed E-state index contributed by atoms with van der Waals surface area (Å²) in [6.45, 7) is 3.77. The van der Waals surface area contributed by atoms with E-state index in [-0.39, 0.29) is 30.0 Å². The molecule has 1 saturated carbocycles. The van der Waals surface area contributed by atoms with Gasteiger partial charge in [0.25, 0.3) is 5.91 Å². The molecule has 1 fully saturated rings. The molecule has 3 rings (SSSR count). The number of rotatable bonds is 7. The Kier molecular flexibility index (Phi) is 4.74. The van der Waals surface area contributed by atoms with Crippen LogP contribution in [-0.2, 0) is 11.3 Å². The van der Waals surface area contributed by atoms with Gasteiger partial charge in [0.15, 0.2) is 12.4 Å². The maximum Gasteiger partial charge on any atom is 0.311 e. The van der Waals surface area contributed by atoms with Crippen LogP contribution >= 0.6 is 0 Å². The highest BCUT2D eigenvalue weighted by Gasteiger charge is 2.33. The number of nitro groups is 1. The van der Waals surface area contributed by atoms with Crippen LogP contribution in [0.4, 0.5) is 5.69 Å². The molecule has 2 aromatic rings. The third-order valence-electron chi connectivity index (χ3n) is 4.09. The van der Waals surface area contributed by atoms with Crippen molar-refractivity contribution in [1.29, 1.82) is 0 Å². The molecule has 1 aromatic heterocycles. The third kappa shape index (κ3) is 4.17. The number of nitrogens with zero attached hydrogens (tertiary/aromatic N) is 2. The molecule has 0 radical (unpaired) electrons. The zero-order chi connectivity index (χ0) is 18.0. The van der Waals surface area contributed by atoms with E-state index in [9.17, 15) is 14.9 Å². The molecule has 1 amide bonds. The molecule has 1 aromatic carbocycles. The summed E-state index contributed by atoms with van der Waals surface area (Å²) in [5.41, 5.74) is 0.630. The van der Waals surface area contributed by atoms with Crippen molar-refractivity contribution in [2.45, 2.75) is 39.3 Å². The van der Waals surface area contributed by atoms with Crippen molar-refractivity contribution in [2.75, 3.05) is 6.61 Å². The van der Waals surface area contributed by atoms with Crippen molar-refractivity contribution in [3.8, 4) is 5.75 Å². The van der Waals surface area contributed by atoms with E-state index in [4.69, 9.17) is 9.15 Å². The van der Waals surface area contributed by atoms with Gasteiger partial charge in [-0.15, -0.1) is 0 Å². The summed E-state index contributed by atoms with van der Waals surface area (Å²) < 4.78 is 11.0. The molecule has 0 atom stereocenters. The van der Waals surface area contributed by atoms with Gasteiger partial charge in [0, 0.05) is 12.1 Å². The molecule has 1 heterocycles. The van der Waals surface area contributed by atoms with Crippen LogP contribution in [0.2, 0.25) is 0 Å². The lowest BCUT2D eigenvalue weighted by molar-refractivity contribution is -0.385. The van der Waals surface area contributed by atoms with Crippen LogP contribution in [-0.4, -0.2) is 28.4 Å². The highest BCUT2D eigenvalue weighted by atomic mass is 16.6. The van der Waals surface area contributed by atoms with Crippen molar-refractivity contribution in [3.05, 3.63) is 57.5 Å². The molecule has 0 aliphatic heterocycles. The van der Waals surface area contributed by atoms with Gasteiger partial charge in [0.2, 0.25) is 0 Å². The summed E-state index contributed by atoms with van der Waals surface area (Å²) in [6, 6.07) is 8.58. The first-order valence-electron chi connectivity index (χ1n) is 8.16. The molecule has 0 unspecified atom stereocenters. The van der Waals surface area contributed by atoms with Gasteiger partial charge in [-0.3, -0.25) is 14.9 Å². The van der Waals surface area contributed by atoms with Crippen LogP contribution in [0.25, 0.3) is 0 Å². The average Bonchev–Trinajstić information content (AvgIpc) is 3.33. The minimum atomic E-state index is -0.503. The second-order valence-corrected chi connectivity index (χ2v) is 6.28. The highest BCUT2D eigenvalue weighted by molar-refractivity contribution is 5.78. The summed E-state index contributed by atoms with van der Waals surface area (Å²) in [5.74, 6) is 1.42. The van der Waals surface area contributed by atoms with Crippen LogP contribution in [0.5, 0.6) is 5.75 Å². The molecule has 0 bridgehead atoms. The van der Waals surface area contributed by atoms with Crippen molar-refractivity contribution >= 4 is 11.6 Å². The lowest BCUT2D eigenvalue weighted by Gasteiger charge is -2.21. The van der Waals surface area contributed by atoms with Crippen molar-refractivity contribution in [2.24, 2.45) is 0 Å².